The maximum absolute atomic E-state index is 13.9. The van der Waals surface area contributed by atoms with Gasteiger partial charge in [0.25, 0.3) is 5.91 Å². The fraction of sp³-hybridized carbons (Fsp3) is 0.185. The van der Waals surface area contributed by atoms with Crippen molar-refractivity contribution in [1.29, 1.82) is 0 Å². The van der Waals surface area contributed by atoms with E-state index in [0.717, 1.165) is 17.2 Å². The molecular weight excluding hydrogens is 437 g/mol. The lowest BCUT2D eigenvalue weighted by Gasteiger charge is -2.26. The maximum Gasteiger partial charge on any atom is 0.291 e. The van der Waals surface area contributed by atoms with Crippen LogP contribution in [-0.4, -0.2) is 22.5 Å². The van der Waals surface area contributed by atoms with Crippen molar-refractivity contribution in [2.24, 2.45) is 0 Å². The van der Waals surface area contributed by atoms with Crippen molar-refractivity contribution in [1.82, 2.24) is 4.90 Å². The molecule has 3 aromatic carbocycles. The van der Waals surface area contributed by atoms with Crippen molar-refractivity contribution in [2.45, 2.75) is 26.4 Å². The van der Waals surface area contributed by atoms with Gasteiger partial charge >= 0.3 is 0 Å². The molecule has 0 aliphatic carbocycles. The third kappa shape index (κ3) is 3.59. The Kier molecular flexibility index (Phi) is 5.32. The van der Waals surface area contributed by atoms with Crippen LogP contribution < -0.4 is 10.2 Å². The average molecular weight is 459 g/mol. The fourth-order valence-corrected chi connectivity index (χ4v) is 4.36. The van der Waals surface area contributed by atoms with Crippen LogP contribution in [0.1, 0.15) is 45.8 Å². The summed E-state index contributed by atoms with van der Waals surface area (Å²) in [6.45, 7) is 4.32. The van der Waals surface area contributed by atoms with Crippen molar-refractivity contribution in [3.8, 4) is 11.5 Å². The quantitative estimate of drug-likeness (QED) is 0.450. The second kappa shape index (κ2) is 8.33. The molecule has 1 aliphatic heterocycles. The highest BCUT2D eigenvalue weighted by atomic mass is 19.1. The van der Waals surface area contributed by atoms with Crippen molar-refractivity contribution in [3.05, 3.63) is 105 Å². The van der Waals surface area contributed by atoms with E-state index in [2.05, 4.69) is 0 Å². The number of hydrogen-bond acceptors (Lipinski definition) is 5. The zero-order valence-electron chi connectivity index (χ0n) is 18.7. The minimum Gasteiger partial charge on any atom is -0.504 e. The highest BCUT2D eigenvalue weighted by Gasteiger charge is 2.43. The number of hydrogen-bond donors (Lipinski definition) is 1. The maximum atomic E-state index is 13.9. The molecule has 0 radical (unpaired) electrons. The number of amides is 1. The number of nitrogens with zero attached hydrogens (tertiary/aromatic N) is 1. The fourth-order valence-electron chi connectivity index (χ4n) is 4.36. The van der Waals surface area contributed by atoms with E-state index in [4.69, 9.17) is 9.15 Å². The summed E-state index contributed by atoms with van der Waals surface area (Å²) in [5.74, 6) is -0.872. The first-order valence-corrected chi connectivity index (χ1v) is 11.0. The standard InChI is InChI=1S/C27H22FNO5/c1-3-33-22-12-17(8-10-20(22)30)24-23-25(31)19-13-18(28)9-11-21(19)34-26(23)27(32)29(24)14-16-6-4-15(2)5-7-16/h4-13,24,30H,3,14H2,1-2H3/t24-/m1/s1. The van der Waals surface area contributed by atoms with E-state index < -0.39 is 23.2 Å². The molecular formula is C27H22FNO5. The Morgan fingerprint density at radius 1 is 1.06 bits per heavy atom. The Bertz CT molecular complexity index is 1480. The van der Waals surface area contributed by atoms with E-state index >= 15 is 0 Å². The van der Waals surface area contributed by atoms with Gasteiger partial charge in [-0.25, -0.2) is 4.39 Å². The predicted molar refractivity (Wildman–Crippen MR) is 125 cm³/mol. The number of halogens is 1. The molecule has 4 aromatic rings. The number of fused-ring (bicyclic) bond motifs is 2. The average Bonchev–Trinajstić information content (AvgIpc) is 3.09. The summed E-state index contributed by atoms with van der Waals surface area (Å²) in [5.41, 5.74) is 2.36. The first kappa shape index (κ1) is 21.7. The van der Waals surface area contributed by atoms with Gasteiger partial charge in [0.05, 0.1) is 23.6 Å². The van der Waals surface area contributed by atoms with Gasteiger partial charge < -0.3 is 19.2 Å². The third-order valence-corrected chi connectivity index (χ3v) is 6.00. The van der Waals surface area contributed by atoms with Gasteiger partial charge in [0, 0.05) is 6.54 Å². The van der Waals surface area contributed by atoms with Crippen LogP contribution in [0.25, 0.3) is 11.0 Å². The molecule has 0 saturated heterocycles. The van der Waals surface area contributed by atoms with Crippen LogP contribution in [0.5, 0.6) is 11.5 Å². The number of rotatable bonds is 5. The molecule has 172 valence electrons. The van der Waals surface area contributed by atoms with Crippen LogP contribution in [0.4, 0.5) is 4.39 Å². The minimum absolute atomic E-state index is 0.0483. The smallest absolute Gasteiger partial charge is 0.291 e. The van der Waals surface area contributed by atoms with E-state index in [-0.39, 0.29) is 40.3 Å². The molecule has 34 heavy (non-hydrogen) atoms. The molecule has 1 aliphatic rings. The van der Waals surface area contributed by atoms with E-state index in [1.54, 1.807) is 24.0 Å². The van der Waals surface area contributed by atoms with Crippen molar-refractivity contribution < 1.29 is 23.4 Å². The first-order valence-electron chi connectivity index (χ1n) is 11.0. The topological polar surface area (TPSA) is 80.0 Å². The SMILES string of the molecule is CCOc1cc([C@@H]2c3c(oc4ccc(F)cc4c3=O)C(=O)N2Cc2ccc(C)cc2)ccc1O. The van der Waals surface area contributed by atoms with Gasteiger partial charge in [-0.2, -0.15) is 0 Å². The zero-order valence-corrected chi connectivity index (χ0v) is 18.7. The number of carbonyl (C=O) groups excluding carboxylic acids is 1. The Labute approximate surface area is 194 Å². The van der Waals surface area contributed by atoms with Crippen LogP contribution in [0, 0.1) is 12.7 Å². The molecule has 0 unspecified atom stereocenters. The largest absolute Gasteiger partial charge is 0.504 e. The first-order chi connectivity index (χ1) is 16.4. The van der Waals surface area contributed by atoms with E-state index in [1.165, 1.54) is 18.2 Å². The Hall–Kier alpha value is -4.13. The van der Waals surface area contributed by atoms with Crippen LogP contribution in [0.3, 0.4) is 0 Å². The lowest BCUT2D eigenvalue weighted by molar-refractivity contribution is 0.0714. The number of carbonyl (C=O) groups is 1. The number of phenols is 1. The molecule has 5 rings (SSSR count). The summed E-state index contributed by atoms with van der Waals surface area (Å²) in [6.07, 6.45) is 0. The number of ether oxygens (including phenoxy) is 1. The summed E-state index contributed by atoms with van der Waals surface area (Å²) < 4.78 is 25.3. The molecule has 2 heterocycles. The van der Waals surface area contributed by atoms with Crippen molar-refractivity contribution in [2.75, 3.05) is 6.61 Å². The molecule has 1 amide bonds. The third-order valence-electron chi connectivity index (χ3n) is 6.00. The summed E-state index contributed by atoms with van der Waals surface area (Å²) in [4.78, 5) is 28.6. The summed E-state index contributed by atoms with van der Waals surface area (Å²) >= 11 is 0. The molecule has 0 spiro atoms. The molecule has 7 heteroatoms. The van der Waals surface area contributed by atoms with Gasteiger partial charge in [-0.3, -0.25) is 9.59 Å². The van der Waals surface area contributed by atoms with Crippen molar-refractivity contribution >= 4 is 16.9 Å². The monoisotopic (exact) mass is 459 g/mol. The van der Waals surface area contributed by atoms with Crippen LogP contribution >= 0.6 is 0 Å². The van der Waals surface area contributed by atoms with Gasteiger partial charge in [0.15, 0.2) is 16.9 Å². The van der Waals surface area contributed by atoms with Gasteiger partial charge in [0.1, 0.15) is 11.4 Å². The normalized spacial score (nSPS) is 15.1. The second-order valence-corrected chi connectivity index (χ2v) is 8.30. The van der Waals surface area contributed by atoms with Gasteiger partial charge in [0.2, 0.25) is 5.76 Å². The number of benzene rings is 3. The van der Waals surface area contributed by atoms with Crippen LogP contribution in [-0.2, 0) is 6.54 Å². The lowest BCUT2D eigenvalue weighted by Crippen LogP contribution is -2.29. The van der Waals surface area contributed by atoms with Crippen LogP contribution in [0.2, 0.25) is 0 Å². The molecule has 0 saturated carbocycles. The van der Waals surface area contributed by atoms with E-state index in [0.29, 0.717) is 12.2 Å². The van der Waals surface area contributed by atoms with Gasteiger partial charge in [-0.1, -0.05) is 35.9 Å². The molecule has 6 nitrogen and oxygen atoms in total. The molecule has 1 N–H and O–H groups in total. The van der Waals surface area contributed by atoms with Crippen LogP contribution in [0.15, 0.2) is 69.9 Å². The summed E-state index contributed by atoms with van der Waals surface area (Å²) in [5, 5.41) is 10.2. The number of phenolic OH excluding ortho intramolecular Hbond substituents is 1. The number of aromatic hydroxyl groups is 1. The van der Waals surface area contributed by atoms with Gasteiger partial charge in [-0.15, -0.1) is 0 Å². The minimum atomic E-state index is -0.799. The lowest BCUT2D eigenvalue weighted by atomic mass is 9.97. The summed E-state index contributed by atoms with van der Waals surface area (Å²) in [6, 6.07) is 15.3. The highest BCUT2D eigenvalue weighted by Crippen LogP contribution is 2.41. The molecule has 0 bridgehead atoms. The Balaban J connectivity index is 1.72. The zero-order chi connectivity index (χ0) is 24.0. The highest BCUT2D eigenvalue weighted by molar-refractivity contribution is 5.99. The Morgan fingerprint density at radius 2 is 1.82 bits per heavy atom. The molecule has 1 atom stereocenters. The summed E-state index contributed by atoms with van der Waals surface area (Å²) in [7, 11) is 0. The molecule has 1 aromatic heterocycles. The molecule has 0 fully saturated rings. The van der Waals surface area contributed by atoms with Crippen molar-refractivity contribution in [3.63, 3.8) is 0 Å². The Morgan fingerprint density at radius 3 is 2.56 bits per heavy atom. The predicted octanol–water partition coefficient (Wildman–Crippen LogP) is 5.09. The number of aryl methyl sites for hydroxylation is 1. The second-order valence-electron chi connectivity index (χ2n) is 8.30. The van der Waals surface area contributed by atoms with E-state index in [1.807, 2.05) is 31.2 Å². The van der Waals surface area contributed by atoms with Gasteiger partial charge in [-0.05, 0) is 55.3 Å². The van der Waals surface area contributed by atoms with E-state index in [9.17, 15) is 19.1 Å².